The zero-order valence-corrected chi connectivity index (χ0v) is 25.3. The molecule has 2 amide bonds. The molecule has 2 aromatic heterocycles. The summed E-state index contributed by atoms with van der Waals surface area (Å²) in [5.74, 6) is -2.26. The van der Waals surface area contributed by atoms with Gasteiger partial charge >= 0.3 is 11.9 Å². The van der Waals surface area contributed by atoms with Crippen LogP contribution in [0.4, 0.5) is 5.13 Å². The molecule has 0 radical (unpaired) electrons. The highest BCUT2D eigenvalue weighted by molar-refractivity contribution is 8.00. The second-order valence-electron chi connectivity index (χ2n) is 9.80. The fourth-order valence-electron chi connectivity index (χ4n) is 3.73. The van der Waals surface area contributed by atoms with Crippen molar-refractivity contribution in [3.8, 4) is 0 Å². The third kappa shape index (κ3) is 6.60. The van der Waals surface area contributed by atoms with Crippen LogP contribution >= 0.6 is 34.4 Å². The number of ether oxygens (including phenoxy) is 2. The van der Waals surface area contributed by atoms with Crippen LogP contribution in [-0.2, 0) is 33.5 Å². The van der Waals surface area contributed by atoms with Crippen molar-refractivity contribution in [3.63, 3.8) is 0 Å². The largest absolute Gasteiger partial charge is 0.427 e. The van der Waals surface area contributed by atoms with E-state index in [1.54, 1.807) is 37.7 Å². The molecule has 2 aromatic rings. The molecule has 2 atom stereocenters. The molecule has 0 saturated carbocycles. The number of esters is 2. The third-order valence-electron chi connectivity index (χ3n) is 5.85. The summed E-state index contributed by atoms with van der Waals surface area (Å²) in [4.78, 5) is 67.0. The Bertz CT molecular complexity index is 1460. The van der Waals surface area contributed by atoms with Crippen LogP contribution < -0.4 is 11.1 Å². The van der Waals surface area contributed by atoms with Gasteiger partial charge in [-0.2, -0.15) is 0 Å². The number of thiazole rings is 2. The SMILES string of the molecule is CO/N=C(\C(=O)N[C@H]1C(=O)N2C(C(=O)OCOC(=O)C(C)(C)C)=C(/C=C/c3scnc3C)CS[C@H]12)c1csc(N)n1. The van der Waals surface area contributed by atoms with Crippen LogP contribution in [-0.4, -0.2) is 75.4 Å². The van der Waals surface area contributed by atoms with E-state index in [1.807, 2.05) is 13.0 Å². The number of rotatable bonds is 9. The lowest BCUT2D eigenvalue weighted by Gasteiger charge is -2.49. The maximum absolute atomic E-state index is 13.3. The summed E-state index contributed by atoms with van der Waals surface area (Å²) in [5.41, 5.74) is 8.03. The molecule has 2 aliphatic heterocycles. The van der Waals surface area contributed by atoms with Crippen molar-refractivity contribution in [2.45, 2.75) is 39.1 Å². The lowest BCUT2D eigenvalue weighted by Crippen LogP contribution is -2.71. The molecule has 41 heavy (non-hydrogen) atoms. The fraction of sp³-hybridized carbons (Fsp3) is 0.400. The van der Waals surface area contributed by atoms with Crippen LogP contribution in [0.3, 0.4) is 0 Å². The molecule has 0 aliphatic carbocycles. The van der Waals surface area contributed by atoms with Crippen LogP contribution in [0, 0.1) is 12.3 Å². The van der Waals surface area contributed by atoms with Crippen LogP contribution in [0.5, 0.6) is 0 Å². The van der Waals surface area contributed by atoms with Crippen molar-refractivity contribution in [3.05, 3.63) is 44.5 Å². The number of anilines is 1. The maximum atomic E-state index is 13.3. The second kappa shape index (κ2) is 12.4. The molecule has 4 heterocycles. The molecular weight excluding hydrogens is 593 g/mol. The molecule has 13 nitrogen and oxygen atoms in total. The van der Waals surface area contributed by atoms with Gasteiger partial charge in [-0.25, -0.2) is 14.8 Å². The summed E-state index contributed by atoms with van der Waals surface area (Å²) in [6.45, 7) is 6.27. The first kappa shape index (κ1) is 30.2. The number of β-lactam (4-membered cyclic amide) rings is 1. The highest BCUT2D eigenvalue weighted by atomic mass is 32.2. The molecule has 4 rings (SSSR count). The normalized spacial score (nSPS) is 19.1. The molecule has 218 valence electrons. The third-order valence-corrected chi connectivity index (χ3v) is 8.72. The Morgan fingerprint density at radius 1 is 1.24 bits per heavy atom. The highest BCUT2D eigenvalue weighted by Crippen LogP contribution is 2.41. The van der Waals surface area contributed by atoms with E-state index in [1.165, 1.54) is 35.1 Å². The Kier molecular flexibility index (Phi) is 9.14. The molecule has 1 fully saturated rings. The minimum absolute atomic E-state index is 0.00697. The first-order valence-corrected chi connectivity index (χ1v) is 15.0. The number of hydrogen-bond donors (Lipinski definition) is 2. The van der Waals surface area contributed by atoms with Gasteiger partial charge < -0.3 is 25.4 Å². The van der Waals surface area contributed by atoms with E-state index in [4.69, 9.17) is 20.0 Å². The average molecular weight is 621 g/mol. The summed E-state index contributed by atoms with van der Waals surface area (Å²) in [7, 11) is 1.28. The molecule has 0 unspecified atom stereocenters. The van der Waals surface area contributed by atoms with E-state index in [0.717, 1.165) is 21.9 Å². The predicted molar refractivity (Wildman–Crippen MR) is 155 cm³/mol. The van der Waals surface area contributed by atoms with E-state index >= 15 is 0 Å². The van der Waals surface area contributed by atoms with E-state index in [9.17, 15) is 19.2 Å². The van der Waals surface area contributed by atoms with Gasteiger partial charge in [-0.15, -0.1) is 34.4 Å². The molecule has 0 aromatic carbocycles. The van der Waals surface area contributed by atoms with Crippen LogP contribution in [0.25, 0.3) is 6.08 Å². The Morgan fingerprint density at radius 3 is 2.61 bits per heavy atom. The number of hydrogen-bond acceptors (Lipinski definition) is 14. The van der Waals surface area contributed by atoms with Gasteiger partial charge in [0.25, 0.3) is 11.8 Å². The number of oxime groups is 1. The van der Waals surface area contributed by atoms with Crippen molar-refractivity contribution < 1.29 is 33.5 Å². The number of nitrogen functional groups attached to an aromatic ring is 1. The molecule has 0 bridgehead atoms. The fourth-order valence-corrected chi connectivity index (χ4v) is 6.29. The number of aromatic nitrogens is 2. The van der Waals surface area contributed by atoms with Gasteiger partial charge in [-0.3, -0.25) is 19.3 Å². The number of nitrogens with zero attached hydrogens (tertiary/aromatic N) is 4. The number of nitrogens with two attached hydrogens (primary N) is 1. The first-order valence-electron chi connectivity index (χ1n) is 12.2. The summed E-state index contributed by atoms with van der Waals surface area (Å²) in [6, 6.07) is -0.957. The van der Waals surface area contributed by atoms with Gasteiger partial charge in [0.2, 0.25) is 6.79 Å². The molecule has 1 saturated heterocycles. The minimum Gasteiger partial charge on any atom is -0.427 e. The molecule has 3 N–H and O–H groups in total. The maximum Gasteiger partial charge on any atom is 0.358 e. The van der Waals surface area contributed by atoms with Crippen molar-refractivity contribution in [1.29, 1.82) is 0 Å². The number of thioether (sulfide) groups is 1. The molecular formula is C25H28N6O7S3. The monoisotopic (exact) mass is 620 g/mol. The molecule has 0 spiro atoms. The number of carbonyl (C=O) groups excluding carboxylic acids is 4. The summed E-state index contributed by atoms with van der Waals surface area (Å²) in [6.07, 6.45) is 3.55. The number of nitrogens with one attached hydrogen (secondary N) is 1. The average Bonchev–Trinajstić information content (AvgIpc) is 3.54. The lowest BCUT2D eigenvalue weighted by molar-refractivity contribution is -0.173. The first-order chi connectivity index (χ1) is 19.4. The minimum atomic E-state index is -0.957. The Hall–Kier alpha value is -3.76. The van der Waals surface area contributed by atoms with Crippen LogP contribution in [0.15, 0.2) is 33.4 Å². The Morgan fingerprint density at radius 2 is 2.00 bits per heavy atom. The Labute approximate surface area is 247 Å². The van der Waals surface area contributed by atoms with Crippen molar-refractivity contribution in [1.82, 2.24) is 20.2 Å². The number of allylic oxidation sites excluding steroid dienone is 1. The van der Waals surface area contributed by atoms with E-state index in [0.29, 0.717) is 11.3 Å². The van der Waals surface area contributed by atoms with E-state index in [2.05, 4.69) is 20.4 Å². The van der Waals surface area contributed by atoms with E-state index < -0.39 is 47.4 Å². The van der Waals surface area contributed by atoms with Crippen molar-refractivity contribution in [2.75, 3.05) is 25.4 Å². The molecule has 16 heteroatoms. The topological polar surface area (TPSA) is 175 Å². The van der Waals surface area contributed by atoms with Crippen molar-refractivity contribution >= 4 is 75.1 Å². The van der Waals surface area contributed by atoms with Gasteiger partial charge in [0.05, 0.1) is 16.6 Å². The second-order valence-corrected chi connectivity index (χ2v) is 12.7. The zero-order chi connectivity index (χ0) is 29.9. The standard InChI is InChI=1S/C25H28N6O7S3/c1-12-15(41-10-27-12)7-6-13-8-39-21-17(29-19(32)16(30-36-5)14-9-40-24(26)28-14)20(33)31(21)18(13)22(34)37-11-38-23(35)25(2,3)4/h6-7,9-10,17,21H,8,11H2,1-5H3,(H2,26,28)(H,29,32)/b7-6+,30-16-/t17-,21+/m0/s1. The summed E-state index contributed by atoms with van der Waals surface area (Å²) >= 11 is 3.92. The summed E-state index contributed by atoms with van der Waals surface area (Å²) < 4.78 is 10.3. The number of carbonyl (C=O) groups is 4. The Balaban J connectivity index is 1.55. The van der Waals surface area contributed by atoms with Crippen LogP contribution in [0.1, 0.15) is 37.0 Å². The zero-order valence-electron chi connectivity index (χ0n) is 22.8. The summed E-state index contributed by atoms with van der Waals surface area (Å²) in [5, 5.41) is 7.59. The number of aryl methyl sites for hydroxylation is 1. The highest BCUT2D eigenvalue weighted by Gasteiger charge is 2.54. The van der Waals surface area contributed by atoms with Gasteiger partial charge in [0.1, 0.15) is 29.9 Å². The van der Waals surface area contributed by atoms with Gasteiger partial charge in [-0.05, 0) is 39.3 Å². The van der Waals surface area contributed by atoms with E-state index in [-0.39, 0.29) is 22.2 Å². The quantitative estimate of drug-likeness (QED) is 0.138. The van der Waals surface area contributed by atoms with Gasteiger partial charge in [0, 0.05) is 16.0 Å². The van der Waals surface area contributed by atoms with Crippen LogP contribution in [0.2, 0.25) is 0 Å². The number of amides is 2. The smallest absolute Gasteiger partial charge is 0.358 e. The number of fused-ring (bicyclic) bond motifs is 1. The molecule has 2 aliphatic rings. The van der Waals surface area contributed by atoms with Crippen molar-refractivity contribution in [2.24, 2.45) is 10.6 Å². The predicted octanol–water partition coefficient (Wildman–Crippen LogP) is 2.30. The lowest BCUT2D eigenvalue weighted by atomic mass is 9.98. The van der Waals surface area contributed by atoms with Gasteiger partial charge in [-0.1, -0.05) is 11.2 Å². The van der Waals surface area contributed by atoms with Gasteiger partial charge in [0.15, 0.2) is 10.8 Å².